The van der Waals surface area contributed by atoms with Crippen LogP contribution in [0.15, 0.2) is 36.4 Å². The maximum atomic E-state index is 6.14. The molecule has 3 rings (SSSR count). The molecule has 0 amide bonds. The zero-order chi connectivity index (χ0) is 19.2. The van der Waals surface area contributed by atoms with Crippen molar-refractivity contribution in [1.29, 1.82) is 0 Å². The van der Waals surface area contributed by atoms with E-state index in [1.54, 1.807) is 7.11 Å². The van der Waals surface area contributed by atoms with E-state index in [-0.39, 0.29) is 6.04 Å². The van der Waals surface area contributed by atoms with Crippen molar-refractivity contribution in [2.45, 2.75) is 33.2 Å². The summed E-state index contributed by atoms with van der Waals surface area (Å²) in [6.07, 6.45) is 1.01. The summed E-state index contributed by atoms with van der Waals surface area (Å²) in [4.78, 5) is 2.36. The predicted molar refractivity (Wildman–Crippen MR) is 111 cm³/mol. The van der Waals surface area contributed by atoms with Crippen LogP contribution in [0.4, 0.5) is 0 Å². The summed E-state index contributed by atoms with van der Waals surface area (Å²) in [6.45, 7) is 11.1. The highest BCUT2D eigenvalue weighted by Gasteiger charge is 2.24. The van der Waals surface area contributed by atoms with Gasteiger partial charge in [0.25, 0.3) is 0 Å². The number of nitrogens with one attached hydrogen (secondary N) is 1. The number of fused-ring (bicyclic) bond motifs is 1. The van der Waals surface area contributed by atoms with Crippen LogP contribution < -0.4 is 14.8 Å². The van der Waals surface area contributed by atoms with Crippen LogP contribution in [0.3, 0.4) is 0 Å². The van der Waals surface area contributed by atoms with Crippen molar-refractivity contribution in [2.75, 3.05) is 39.9 Å². The summed E-state index contributed by atoms with van der Waals surface area (Å²) >= 11 is 0. The van der Waals surface area contributed by atoms with Crippen molar-refractivity contribution >= 4 is 0 Å². The Morgan fingerprint density at radius 1 is 1.11 bits per heavy atom. The normalized spacial score (nSPS) is 16.3. The second-order valence-corrected chi connectivity index (χ2v) is 7.13. The molecule has 1 unspecified atom stereocenters. The lowest BCUT2D eigenvalue weighted by atomic mass is 9.89. The zero-order valence-corrected chi connectivity index (χ0v) is 17.0. The topological polar surface area (TPSA) is 33.7 Å². The molecule has 1 N–H and O–H groups in total. The van der Waals surface area contributed by atoms with Crippen molar-refractivity contribution < 1.29 is 9.47 Å². The highest BCUT2D eigenvalue weighted by atomic mass is 16.5. The van der Waals surface area contributed by atoms with Gasteiger partial charge in [-0.05, 0) is 55.3 Å². The van der Waals surface area contributed by atoms with Crippen LogP contribution in [-0.2, 0) is 6.42 Å². The van der Waals surface area contributed by atoms with Gasteiger partial charge in [-0.1, -0.05) is 43.7 Å². The molecule has 0 aliphatic carbocycles. The molecule has 0 aromatic heterocycles. The Morgan fingerprint density at radius 2 is 1.93 bits per heavy atom. The molecule has 27 heavy (non-hydrogen) atoms. The van der Waals surface area contributed by atoms with E-state index in [2.05, 4.69) is 67.4 Å². The molecular formula is C23H32N2O2. The van der Waals surface area contributed by atoms with E-state index in [9.17, 15) is 0 Å². The molecule has 146 valence electrons. The quantitative estimate of drug-likeness (QED) is 0.765. The van der Waals surface area contributed by atoms with Crippen LogP contribution in [0, 0.1) is 6.92 Å². The Kier molecular flexibility index (Phi) is 6.75. The number of rotatable bonds is 8. The fourth-order valence-corrected chi connectivity index (χ4v) is 3.81. The minimum Gasteiger partial charge on any atom is -0.493 e. The van der Waals surface area contributed by atoms with Crippen molar-refractivity contribution in [3.8, 4) is 11.5 Å². The van der Waals surface area contributed by atoms with E-state index >= 15 is 0 Å². The lowest BCUT2D eigenvalue weighted by Crippen LogP contribution is -2.31. The van der Waals surface area contributed by atoms with Gasteiger partial charge in [-0.3, -0.25) is 0 Å². The van der Waals surface area contributed by atoms with Gasteiger partial charge in [-0.25, -0.2) is 0 Å². The lowest BCUT2D eigenvalue weighted by molar-refractivity contribution is 0.217. The van der Waals surface area contributed by atoms with Crippen molar-refractivity contribution in [2.24, 2.45) is 0 Å². The second kappa shape index (κ2) is 9.25. The molecule has 1 atom stereocenters. The average Bonchev–Trinajstić information content (AvgIpc) is 2.70. The Labute approximate surface area is 163 Å². The molecule has 4 heteroatoms. The van der Waals surface area contributed by atoms with Crippen LogP contribution in [0.5, 0.6) is 11.5 Å². The third-order valence-electron chi connectivity index (χ3n) is 5.41. The summed E-state index contributed by atoms with van der Waals surface area (Å²) in [7, 11) is 1.72. The third kappa shape index (κ3) is 4.63. The first-order valence-electron chi connectivity index (χ1n) is 10.0. The monoisotopic (exact) mass is 368 g/mol. The Bertz CT molecular complexity index is 756. The number of ether oxygens (including phenoxy) is 2. The van der Waals surface area contributed by atoms with Crippen LogP contribution in [0.25, 0.3) is 0 Å². The summed E-state index contributed by atoms with van der Waals surface area (Å²) in [5.74, 6) is 1.67. The van der Waals surface area contributed by atoms with Gasteiger partial charge in [0.05, 0.1) is 13.2 Å². The zero-order valence-electron chi connectivity index (χ0n) is 17.0. The van der Waals surface area contributed by atoms with Crippen molar-refractivity contribution in [3.05, 3.63) is 58.7 Å². The molecule has 4 nitrogen and oxygen atoms in total. The minimum absolute atomic E-state index is 0.199. The number of benzene rings is 2. The fraction of sp³-hybridized carbons (Fsp3) is 0.478. The summed E-state index contributed by atoms with van der Waals surface area (Å²) in [5, 5.41) is 3.67. The largest absolute Gasteiger partial charge is 0.493 e. The standard InChI is InChI=1S/C23H32N2O2/c1-5-25(6-2)12-13-27-22-16-20-18(15-21(22)26-4)10-11-24-23(20)19-9-7-8-17(3)14-19/h7-9,14-16,23-24H,5-6,10-13H2,1-4H3. The molecule has 0 radical (unpaired) electrons. The van der Waals surface area contributed by atoms with Gasteiger partial charge in [-0.2, -0.15) is 0 Å². The van der Waals surface area contributed by atoms with Gasteiger partial charge in [0.2, 0.25) is 0 Å². The molecule has 0 saturated carbocycles. The molecule has 2 aromatic rings. The molecule has 0 bridgehead atoms. The summed E-state index contributed by atoms with van der Waals surface area (Å²) < 4.78 is 11.8. The molecular weight excluding hydrogens is 336 g/mol. The third-order valence-corrected chi connectivity index (χ3v) is 5.41. The highest BCUT2D eigenvalue weighted by Crippen LogP contribution is 2.37. The number of hydrogen-bond acceptors (Lipinski definition) is 4. The number of likely N-dealkylation sites (N-methyl/N-ethyl adjacent to an activating group) is 1. The average molecular weight is 369 g/mol. The Hall–Kier alpha value is -2.04. The SMILES string of the molecule is CCN(CC)CCOc1cc2c(cc1OC)CCNC2c1cccc(C)c1. The molecule has 1 heterocycles. The van der Waals surface area contributed by atoms with Gasteiger partial charge < -0.3 is 19.7 Å². The fourth-order valence-electron chi connectivity index (χ4n) is 3.81. The molecule has 0 spiro atoms. The molecule has 2 aromatic carbocycles. The Balaban J connectivity index is 1.86. The van der Waals surface area contributed by atoms with Crippen molar-refractivity contribution in [1.82, 2.24) is 10.2 Å². The minimum atomic E-state index is 0.199. The van der Waals surface area contributed by atoms with Crippen LogP contribution >= 0.6 is 0 Å². The maximum absolute atomic E-state index is 6.14. The van der Waals surface area contributed by atoms with Gasteiger partial charge >= 0.3 is 0 Å². The van der Waals surface area contributed by atoms with Gasteiger partial charge in [0.15, 0.2) is 11.5 Å². The van der Waals surface area contributed by atoms with E-state index in [1.807, 2.05) is 0 Å². The summed E-state index contributed by atoms with van der Waals surface area (Å²) in [6, 6.07) is 13.3. The first-order valence-corrected chi connectivity index (χ1v) is 10.0. The van der Waals surface area contributed by atoms with E-state index in [1.165, 1.54) is 22.3 Å². The second-order valence-electron chi connectivity index (χ2n) is 7.13. The van der Waals surface area contributed by atoms with Gasteiger partial charge in [0, 0.05) is 13.1 Å². The van der Waals surface area contributed by atoms with E-state index < -0.39 is 0 Å². The number of methoxy groups -OCH3 is 1. The highest BCUT2D eigenvalue weighted by molar-refractivity contribution is 5.51. The number of aryl methyl sites for hydroxylation is 1. The number of hydrogen-bond donors (Lipinski definition) is 1. The molecule has 0 fully saturated rings. The molecule has 1 aliphatic rings. The maximum Gasteiger partial charge on any atom is 0.161 e. The van der Waals surface area contributed by atoms with Crippen LogP contribution in [-0.4, -0.2) is 44.8 Å². The van der Waals surface area contributed by atoms with Gasteiger partial charge in [0.1, 0.15) is 6.61 Å². The first kappa shape index (κ1) is 19.7. The summed E-state index contributed by atoms with van der Waals surface area (Å²) in [5.41, 5.74) is 5.22. The van der Waals surface area contributed by atoms with Crippen LogP contribution in [0.1, 0.15) is 42.1 Å². The van der Waals surface area contributed by atoms with E-state index in [4.69, 9.17) is 9.47 Å². The van der Waals surface area contributed by atoms with E-state index in [0.29, 0.717) is 6.61 Å². The van der Waals surface area contributed by atoms with Crippen molar-refractivity contribution in [3.63, 3.8) is 0 Å². The Morgan fingerprint density at radius 3 is 2.63 bits per heavy atom. The molecule has 0 saturated heterocycles. The van der Waals surface area contributed by atoms with Gasteiger partial charge in [-0.15, -0.1) is 0 Å². The number of nitrogens with zero attached hydrogens (tertiary/aromatic N) is 1. The first-order chi connectivity index (χ1) is 13.2. The molecule has 1 aliphatic heterocycles. The predicted octanol–water partition coefficient (Wildman–Crippen LogP) is 3.96. The van der Waals surface area contributed by atoms with E-state index in [0.717, 1.165) is 44.1 Å². The van der Waals surface area contributed by atoms with Crippen LogP contribution in [0.2, 0.25) is 0 Å². The lowest BCUT2D eigenvalue weighted by Gasteiger charge is -2.29. The smallest absolute Gasteiger partial charge is 0.161 e.